The molecule has 0 unspecified atom stereocenters. The minimum atomic E-state index is -4.58. The standard InChI is InChI=1S/C19H20F3N7O/c1-10(2)25-17-27-16(12-5-11(9-23)6-14(30)7-12)28-18(29-17)26-13-3-4-24-15(8-13)19(20,21)22/h3-8,10,30H,9,23H2,1-2H3,(H2,24,25,26,27,28,29). The first kappa shape index (κ1) is 21.2. The molecule has 8 nitrogen and oxygen atoms in total. The molecule has 2 aromatic heterocycles. The molecule has 0 fully saturated rings. The Morgan fingerprint density at radius 1 is 1.07 bits per heavy atom. The summed E-state index contributed by atoms with van der Waals surface area (Å²) in [6.07, 6.45) is -3.53. The summed E-state index contributed by atoms with van der Waals surface area (Å²) in [6.45, 7) is 3.97. The summed E-state index contributed by atoms with van der Waals surface area (Å²) >= 11 is 0. The van der Waals surface area contributed by atoms with Crippen LogP contribution in [0.15, 0.2) is 36.5 Å². The maximum atomic E-state index is 12.9. The van der Waals surface area contributed by atoms with E-state index in [4.69, 9.17) is 5.73 Å². The molecule has 30 heavy (non-hydrogen) atoms. The van der Waals surface area contributed by atoms with Crippen molar-refractivity contribution in [1.29, 1.82) is 0 Å². The van der Waals surface area contributed by atoms with Crippen molar-refractivity contribution in [1.82, 2.24) is 19.9 Å². The number of aromatic hydroxyl groups is 1. The van der Waals surface area contributed by atoms with Gasteiger partial charge in [-0.15, -0.1) is 0 Å². The summed E-state index contributed by atoms with van der Waals surface area (Å²) in [5, 5.41) is 15.7. The number of nitrogens with two attached hydrogens (primary N) is 1. The van der Waals surface area contributed by atoms with E-state index in [1.807, 2.05) is 13.8 Å². The number of anilines is 3. The van der Waals surface area contributed by atoms with Crippen molar-refractivity contribution in [2.45, 2.75) is 32.6 Å². The second kappa shape index (κ2) is 8.49. The zero-order valence-corrected chi connectivity index (χ0v) is 16.2. The Morgan fingerprint density at radius 3 is 2.47 bits per heavy atom. The van der Waals surface area contributed by atoms with Gasteiger partial charge in [0.05, 0.1) is 0 Å². The van der Waals surface area contributed by atoms with Gasteiger partial charge >= 0.3 is 6.18 Å². The van der Waals surface area contributed by atoms with Crippen molar-refractivity contribution in [2.75, 3.05) is 10.6 Å². The van der Waals surface area contributed by atoms with E-state index < -0.39 is 11.9 Å². The van der Waals surface area contributed by atoms with Crippen molar-refractivity contribution < 1.29 is 18.3 Å². The summed E-state index contributed by atoms with van der Waals surface area (Å²) in [5.74, 6) is 0.455. The highest BCUT2D eigenvalue weighted by atomic mass is 19.4. The monoisotopic (exact) mass is 419 g/mol. The van der Waals surface area contributed by atoms with Gasteiger partial charge < -0.3 is 21.5 Å². The number of phenols is 1. The van der Waals surface area contributed by atoms with E-state index in [-0.39, 0.29) is 41.7 Å². The Hall–Kier alpha value is -3.47. The number of pyridine rings is 1. The molecule has 0 saturated heterocycles. The molecule has 0 spiro atoms. The Morgan fingerprint density at radius 2 is 1.80 bits per heavy atom. The van der Waals surface area contributed by atoms with Crippen molar-refractivity contribution >= 4 is 17.6 Å². The first-order chi connectivity index (χ1) is 14.1. The minimum absolute atomic E-state index is 0.00497. The van der Waals surface area contributed by atoms with Crippen LogP contribution < -0.4 is 16.4 Å². The highest BCUT2D eigenvalue weighted by Crippen LogP contribution is 2.30. The quantitative estimate of drug-likeness (QED) is 0.477. The van der Waals surface area contributed by atoms with Crippen LogP contribution in [0, 0.1) is 0 Å². The van der Waals surface area contributed by atoms with Crippen molar-refractivity contribution in [3.63, 3.8) is 0 Å². The summed E-state index contributed by atoms with van der Waals surface area (Å²) in [4.78, 5) is 16.2. The van der Waals surface area contributed by atoms with E-state index >= 15 is 0 Å². The number of hydrogen-bond acceptors (Lipinski definition) is 8. The van der Waals surface area contributed by atoms with E-state index in [0.717, 1.165) is 12.3 Å². The maximum absolute atomic E-state index is 12.9. The van der Waals surface area contributed by atoms with Crippen LogP contribution in [0.4, 0.5) is 30.8 Å². The SMILES string of the molecule is CC(C)Nc1nc(Nc2ccnc(C(F)(F)F)c2)nc(-c2cc(O)cc(CN)c2)n1. The fourth-order valence-electron chi connectivity index (χ4n) is 2.60. The van der Waals surface area contributed by atoms with Gasteiger partial charge in [0.2, 0.25) is 11.9 Å². The highest BCUT2D eigenvalue weighted by Gasteiger charge is 2.32. The first-order valence-corrected chi connectivity index (χ1v) is 9.00. The first-order valence-electron chi connectivity index (χ1n) is 9.00. The van der Waals surface area contributed by atoms with E-state index in [0.29, 0.717) is 11.1 Å². The van der Waals surface area contributed by atoms with E-state index in [1.165, 1.54) is 18.2 Å². The molecule has 3 rings (SSSR count). The average Bonchev–Trinajstić information content (AvgIpc) is 2.66. The molecular weight excluding hydrogens is 399 g/mol. The number of aromatic nitrogens is 4. The van der Waals surface area contributed by atoms with Gasteiger partial charge in [-0.2, -0.15) is 28.1 Å². The molecular formula is C19H20F3N7O. The van der Waals surface area contributed by atoms with Gasteiger partial charge in [-0.25, -0.2) is 0 Å². The highest BCUT2D eigenvalue weighted by molar-refractivity contribution is 5.63. The molecule has 5 N–H and O–H groups in total. The van der Waals surface area contributed by atoms with Gasteiger partial charge in [-0.3, -0.25) is 4.98 Å². The second-order valence-corrected chi connectivity index (χ2v) is 6.75. The Balaban J connectivity index is 2.03. The van der Waals surface area contributed by atoms with Gasteiger partial charge in [-0.05, 0) is 49.7 Å². The molecule has 158 valence electrons. The third-order valence-electron chi connectivity index (χ3n) is 3.83. The number of hydrogen-bond donors (Lipinski definition) is 4. The molecule has 3 aromatic rings. The van der Waals surface area contributed by atoms with Crippen LogP contribution >= 0.6 is 0 Å². The molecule has 0 amide bonds. The number of phenolic OH excluding ortho intramolecular Hbond substituents is 1. The largest absolute Gasteiger partial charge is 0.508 e. The van der Waals surface area contributed by atoms with E-state index in [2.05, 4.69) is 30.6 Å². The lowest BCUT2D eigenvalue weighted by Crippen LogP contribution is -2.15. The smallest absolute Gasteiger partial charge is 0.433 e. The molecule has 0 atom stereocenters. The van der Waals surface area contributed by atoms with Crippen LogP contribution in [0.2, 0.25) is 0 Å². The average molecular weight is 419 g/mol. The Bertz CT molecular complexity index is 1040. The number of rotatable bonds is 6. The summed E-state index contributed by atoms with van der Waals surface area (Å²) < 4.78 is 38.8. The molecule has 1 aromatic carbocycles. The number of halogens is 3. The van der Waals surface area contributed by atoms with Gasteiger partial charge in [0.1, 0.15) is 11.4 Å². The van der Waals surface area contributed by atoms with Crippen LogP contribution in [0.1, 0.15) is 25.1 Å². The number of nitrogens with zero attached hydrogens (tertiary/aromatic N) is 4. The molecule has 0 aliphatic rings. The molecule has 0 aliphatic carbocycles. The van der Waals surface area contributed by atoms with Crippen molar-refractivity contribution in [2.24, 2.45) is 5.73 Å². The topological polar surface area (TPSA) is 122 Å². The minimum Gasteiger partial charge on any atom is -0.508 e. The molecule has 0 radical (unpaired) electrons. The van der Waals surface area contributed by atoms with E-state index in [1.54, 1.807) is 6.07 Å². The lowest BCUT2D eigenvalue weighted by Gasteiger charge is -2.13. The zero-order chi connectivity index (χ0) is 21.9. The summed E-state index contributed by atoms with van der Waals surface area (Å²) in [7, 11) is 0. The zero-order valence-electron chi connectivity index (χ0n) is 16.2. The fraction of sp³-hybridized carbons (Fsp3) is 0.263. The third kappa shape index (κ3) is 5.32. The van der Waals surface area contributed by atoms with Gasteiger partial charge in [0.25, 0.3) is 0 Å². The van der Waals surface area contributed by atoms with Crippen LogP contribution in [-0.4, -0.2) is 31.1 Å². The third-order valence-corrected chi connectivity index (χ3v) is 3.83. The van der Waals surface area contributed by atoms with Crippen molar-refractivity contribution in [3.8, 4) is 17.1 Å². The predicted octanol–water partition coefficient (Wildman–Crippen LogP) is 3.68. The van der Waals surface area contributed by atoms with Crippen LogP contribution in [0.3, 0.4) is 0 Å². The number of benzene rings is 1. The lowest BCUT2D eigenvalue weighted by molar-refractivity contribution is -0.141. The van der Waals surface area contributed by atoms with E-state index in [9.17, 15) is 18.3 Å². The lowest BCUT2D eigenvalue weighted by atomic mass is 10.1. The number of nitrogens with one attached hydrogen (secondary N) is 2. The fourth-order valence-corrected chi connectivity index (χ4v) is 2.60. The molecule has 0 saturated carbocycles. The molecule has 11 heteroatoms. The normalized spacial score (nSPS) is 11.6. The van der Waals surface area contributed by atoms with Gasteiger partial charge in [0, 0.05) is 30.0 Å². The maximum Gasteiger partial charge on any atom is 0.433 e. The molecule has 0 aliphatic heterocycles. The molecule has 0 bridgehead atoms. The van der Waals surface area contributed by atoms with Crippen LogP contribution in [0.25, 0.3) is 11.4 Å². The molecule has 2 heterocycles. The Kier molecular flexibility index (Phi) is 6.01. The number of alkyl halides is 3. The predicted molar refractivity (Wildman–Crippen MR) is 106 cm³/mol. The Labute approximate surface area is 170 Å². The van der Waals surface area contributed by atoms with Gasteiger partial charge in [0.15, 0.2) is 5.82 Å². The summed E-state index contributed by atoms with van der Waals surface area (Å²) in [6, 6.07) is 6.93. The van der Waals surface area contributed by atoms with Crippen LogP contribution in [0.5, 0.6) is 5.75 Å². The van der Waals surface area contributed by atoms with Crippen molar-refractivity contribution in [3.05, 3.63) is 47.8 Å². The second-order valence-electron chi connectivity index (χ2n) is 6.75. The van der Waals surface area contributed by atoms with Crippen LogP contribution in [-0.2, 0) is 12.7 Å². The van der Waals surface area contributed by atoms with Gasteiger partial charge in [-0.1, -0.05) is 0 Å². The summed E-state index contributed by atoms with van der Waals surface area (Å²) in [5.41, 5.74) is 5.88.